The molecule has 0 aliphatic carbocycles. The van der Waals surface area contributed by atoms with Crippen molar-refractivity contribution in [1.29, 1.82) is 5.26 Å². The average molecular weight is 338 g/mol. The molecular formula is C20H22N2O3. The SMILES string of the molecule is COc1ccc([C@H](NC(=O)COc2ccccc2C#N)C(C)C)cc1. The van der Waals surface area contributed by atoms with Gasteiger partial charge < -0.3 is 14.8 Å². The Balaban J connectivity index is 2.01. The summed E-state index contributed by atoms with van der Waals surface area (Å²) >= 11 is 0. The second-order valence-corrected chi connectivity index (χ2v) is 5.96. The van der Waals surface area contributed by atoms with Gasteiger partial charge in [0.05, 0.1) is 18.7 Å². The van der Waals surface area contributed by atoms with E-state index in [0.717, 1.165) is 11.3 Å². The summed E-state index contributed by atoms with van der Waals surface area (Å²) in [6.45, 7) is 3.94. The third kappa shape index (κ3) is 4.98. The number of benzene rings is 2. The predicted molar refractivity (Wildman–Crippen MR) is 95.4 cm³/mol. The van der Waals surface area contributed by atoms with Crippen LogP contribution >= 0.6 is 0 Å². The van der Waals surface area contributed by atoms with Crippen LogP contribution in [0.25, 0.3) is 0 Å². The lowest BCUT2D eigenvalue weighted by Gasteiger charge is -2.23. The third-order valence-electron chi connectivity index (χ3n) is 3.82. The summed E-state index contributed by atoms with van der Waals surface area (Å²) in [5, 5.41) is 12.0. The Morgan fingerprint density at radius 1 is 1.16 bits per heavy atom. The van der Waals surface area contributed by atoms with Crippen LogP contribution in [0.2, 0.25) is 0 Å². The van der Waals surface area contributed by atoms with Crippen molar-refractivity contribution >= 4 is 5.91 Å². The zero-order valence-corrected chi connectivity index (χ0v) is 14.7. The maximum absolute atomic E-state index is 12.3. The number of methoxy groups -OCH3 is 1. The molecule has 0 saturated carbocycles. The number of nitrogens with zero attached hydrogens (tertiary/aromatic N) is 1. The normalized spacial score (nSPS) is 11.5. The Bertz CT molecular complexity index is 748. The van der Waals surface area contributed by atoms with Gasteiger partial charge in [0, 0.05) is 0 Å². The molecule has 1 N–H and O–H groups in total. The van der Waals surface area contributed by atoms with Gasteiger partial charge in [-0.3, -0.25) is 4.79 Å². The number of ether oxygens (including phenoxy) is 2. The number of hydrogen-bond donors (Lipinski definition) is 1. The first-order valence-electron chi connectivity index (χ1n) is 8.10. The molecule has 5 nitrogen and oxygen atoms in total. The highest BCUT2D eigenvalue weighted by Gasteiger charge is 2.19. The molecule has 0 aliphatic heterocycles. The first kappa shape index (κ1) is 18.3. The van der Waals surface area contributed by atoms with E-state index >= 15 is 0 Å². The summed E-state index contributed by atoms with van der Waals surface area (Å²) in [4.78, 5) is 12.3. The van der Waals surface area contributed by atoms with E-state index in [4.69, 9.17) is 14.7 Å². The van der Waals surface area contributed by atoms with Crippen LogP contribution in [-0.4, -0.2) is 19.6 Å². The van der Waals surface area contributed by atoms with E-state index in [1.54, 1.807) is 31.4 Å². The molecule has 2 aromatic rings. The Labute approximate surface area is 148 Å². The summed E-state index contributed by atoms with van der Waals surface area (Å²) in [5.74, 6) is 1.16. The Hall–Kier alpha value is -3.00. The average Bonchev–Trinajstić information content (AvgIpc) is 2.64. The van der Waals surface area contributed by atoms with Gasteiger partial charge in [0.15, 0.2) is 6.61 Å². The van der Waals surface area contributed by atoms with Crippen LogP contribution in [0.3, 0.4) is 0 Å². The van der Waals surface area contributed by atoms with Crippen molar-refractivity contribution in [3.63, 3.8) is 0 Å². The lowest BCUT2D eigenvalue weighted by molar-refractivity contribution is -0.124. The number of hydrogen-bond acceptors (Lipinski definition) is 4. The first-order chi connectivity index (χ1) is 12.0. The minimum absolute atomic E-state index is 0.131. The lowest BCUT2D eigenvalue weighted by atomic mass is 9.96. The predicted octanol–water partition coefficient (Wildman–Crippen LogP) is 3.46. The van der Waals surface area contributed by atoms with Crippen molar-refractivity contribution < 1.29 is 14.3 Å². The van der Waals surface area contributed by atoms with E-state index in [9.17, 15) is 4.79 Å². The maximum atomic E-state index is 12.3. The van der Waals surface area contributed by atoms with Crippen molar-refractivity contribution in [2.75, 3.05) is 13.7 Å². The highest BCUT2D eigenvalue weighted by molar-refractivity contribution is 5.78. The number of carbonyl (C=O) groups is 1. The molecule has 0 spiro atoms. The van der Waals surface area contributed by atoms with E-state index < -0.39 is 0 Å². The highest BCUT2D eigenvalue weighted by Crippen LogP contribution is 2.24. The van der Waals surface area contributed by atoms with Crippen LogP contribution in [0, 0.1) is 17.2 Å². The van der Waals surface area contributed by atoms with Gasteiger partial charge >= 0.3 is 0 Å². The van der Waals surface area contributed by atoms with Gasteiger partial charge in [-0.15, -0.1) is 0 Å². The van der Waals surface area contributed by atoms with Crippen LogP contribution in [0.5, 0.6) is 11.5 Å². The molecule has 0 radical (unpaired) electrons. The van der Waals surface area contributed by atoms with Crippen LogP contribution < -0.4 is 14.8 Å². The number of rotatable bonds is 7. The van der Waals surface area contributed by atoms with Gasteiger partial charge in [-0.1, -0.05) is 38.1 Å². The summed E-state index contributed by atoms with van der Waals surface area (Å²) in [6.07, 6.45) is 0. The van der Waals surface area contributed by atoms with Crippen molar-refractivity contribution in [1.82, 2.24) is 5.32 Å². The van der Waals surface area contributed by atoms with Gasteiger partial charge in [0.1, 0.15) is 17.6 Å². The molecule has 0 unspecified atom stereocenters. The van der Waals surface area contributed by atoms with Gasteiger partial charge in [0.2, 0.25) is 0 Å². The van der Waals surface area contributed by atoms with Gasteiger partial charge in [-0.2, -0.15) is 5.26 Å². The van der Waals surface area contributed by atoms with Crippen LogP contribution in [0.1, 0.15) is 31.0 Å². The Morgan fingerprint density at radius 2 is 1.84 bits per heavy atom. The number of nitrogens with one attached hydrogen (secondary N) is 1. The molecule has 0 saturated heterocycles. The van der Waals surface area contributed by atoms with E-state index in [1.165, 1.54) is 0 Å². The minimum Gasteiger partial charge on any atom is -0.497 e. The third-order valence-corrected chi connectivity index (χ3v) is 3.82. The molecule has 1 atom stereocenters. The smallest absolute Gasteiger partial charge is 0.258 e. The molecule has 0 aromatic heterocycles. The fourth-order valence-corrected chi connectivity index (χ4v) is 2.49. The molecule has 2 aromatic carbocycles. The lowest BCUT2D eigenvalue weighted by Crippen LogP contribution is -2.35. The summed E-state index contributed by atoms with van der Waals surface area (Å²) in [7, 11) is 1.62. The van der Waals surface area contributed by atoms with Crippen molar-refractivity contribution in [2.45, 2.75) is 19.9 Å². The highest BCUT2D eigenvalue weighted by atomic mass is 16.5. The fraction of sp³-hybridized carbons (Fsp3) is 0.300. The molecule has 1 amide bonds. The van der Waals surface area contributed by atoms with Crippen molar-refractivity contribution in [2.24, 2.45) is 5.92 Å². The fourth-order valence-electron chi connectivity index (χ4n) is 2.49. The molecule has 0 heterocycles. The Kier molecular flexibility index (Phi) is 6.41. The molecular weight excluding hydrogens is 316 g/mol. The minimum atomic E-state index is -0.234. The summed E-state index contributed by atoms with van der Waals surface area (Å²) in [5.41, 5.74) is 1.41. The zero-order chi connectivity index (χ0) is 18.2. The zero-order valence-electron chi connectivity index (χ0n) is 14.7. The van der Waals surface area contributed by atoms with Crippen LogP contribution in [0.4, 0.5) is 0 Å². The molecule has 2 rings (SSSR count). The summed E-state index contributed by atoms with van der Waals surface area (Å²) < 4.78 is 10.7. The van der Waals surface area contributed by atoms with Gasteiger partial charge in [-0.25, -0.2) is 0 Å². The second kappa shape index (κ2) is 8.74. The van der Waals surface area contributed by atoms with Crippen molar-refractivity contribution in [3.8, 4) is 17.6 Å². The summed E-state index contributed by atoms with van der Waals surface area (Å²) in [6, 6.07) is 16.4. The van der Waals surface area contributed by atoms with E-state index in [0.29, 0.717) is 11.3 Å². The number of carbonyl (C=O) groups excluding carboxylic acids is 1. The number of nitriles is 1. The quantitative estimate of drug-likeness (QED) is 0.839. The first-order valence-corrected chi connectivity index (χ1v) is 8.10. The van der Waals surface area contributed by atoms with Crippen LogP contribution in [-0.2, 0) is 4.79 Å². The van der Waals surface area contributed by atoms with E-state index in [1.807, 2.05) is 44.2 Å². The molecule has 5 heteroatoms. The van der Waals surface area contributed by atoms with Crippen LogP contribution in [0.15, 0.2) is 48.5 Å². The Morgan fingerprint density at radius 3 is 2.44 bits per heavy atom. The molecule has 0 fully saturated rings. The van der Waals surface area contributed by atoms with Gasteiger partial charge in [-0.05, 0) is 35.7 Å². The molecule has 0 bridgehead atoms. The van der Waals surface area contributed by atoms with E-state index in [2.05, 4.69) is 5.32 Å². The number of amides is 1. The largest absolute Gasteiger partial charge is 0.497 e. The second-order valence-electron chi connectivity index (χ2n) is 5.96. The molecule has 0 aliphatic rings. The monoisotopic (exact) mass is 338 g/mol. The number of para-hydroxylation sites is 1. The van der Waals surface area contributed by atoms with E-state index in [-0.39, 0.29) is 24.5 Å². The molecule has 130 valence electrons. The standard InChI is InChI=1S/C20H22N2O3/c1-14(2)20(15-8-10-17(24-3)11-9-15)22-19(23)13-25-18-7-5-4-6-16(18)12-21/h4-11,14,20H,13H2,1-3H3,(H,22,23)/t20-/m1/s1. The maximum Gasteiger partial charge on any atom is 0.258 e. The molecule has 25 heavy (non-hydrogen) atoms. The topological polar surface area (TPSA) is 71.3 Å². The van der Waals surface area contributed by atoms with Gasteiger partial charge in [0.25, 0.3) is 5.91 Å². The van der Waals surface area contributed by atoms with Crippen molar-refractivity contribution in [3.05, 3.63) is 59.7 Å².